The molecule has 5 heteroatoms. The van der Waals surface area contributed by atoms with E-state index in [2.05, 4.69) is 0 Å². The lowest BCUT2D eigenvalue weighted by molar-refractivity contribution is -0.154. The van der Waals surface area contributed by atoms with Gasteiger partial charge in [0.05, 0.1) is 24.4 Å². The van der Waals surface area contributed by atoms with Crippen molar-refractivity contribution in [1.29, 1.82) is 0 Å². The van der Waals surface area contributed by atoms with Crippen molar-refractivity contribution in [3.8, 4) is 0 Å². The van der Waals surface area contributed by atoms with Gasteiger partial charge in [0.2, 0.25) is 0 Å². The van der Waals surface area contributed by atoms with Gasteiger partial charge >= 0.3 is 17.9 Å². The SMILES string of the molecule is CCOC(=O)C1[C@@H]2[C@H]3C4=C([C@@H]5CC[C@H]4C5)[C@H]([C@@H]4C(=O)OC(=O)[C@@H]43)[C@H]12. The van der Waals surface area contributed by atoms with Crippen LogP contribution in [0.3, 0.4) is 0 Å². The maximum atomic E-state index is 12.4. The van der Waals surface area contributed by atoms with E-state index in [0.717, 1.165) is 0 Å². The number of hydrogen-bond donors (Lipinski definition) is 0. The summed E-state index contributed by atoms with van der Waals surface area (Å²) in [5.74, 6) is 0.0729. The fourth-order valence-corrected chi connectivity index (χ4v) is 7.33. The van der Waals surface area contributed by atoms with E-state index in [1.54, 1.807) is 0 Å². The van der Waals surface area contributed by atoms with E-state index in [9.17, 15) is 14.4 Å². The van der Waals surface area contributed by atoms with Crippen LogP contribution in [-0.4, -0.2) is 24.5 Å². The summed E-state index contributed by atoms with van der Waals surface area (Å²) in [6.45, 7) is 2.21. The molecule has 7 rings (SSSR count). The van der Waals surface area contributed by atoms with Gasteiger partial charge in [-0.2, -0.15) is 0 Å². The molecule has 1 aliphatic heterocycles. The lowest BCUT2D eigenvalue weighted by atomic mass is 9.54. The molecule has 1 heterocycles. The van der Waals surface area contributed by atoms with Crippen molar-refractivity contribution in [2.24, 2.45) is 53.3 Å². The highest BCUT2D eigenvalue weighted by Crippen LogP contribution is 2.77. The summed E-state index contributed by atoms with van der Waals surface area (Å²) in [5, 5.41) is 0. The summed E-state index contributed by atoms with van der Waals surface area (Å²) >= 11 is 0. The molecule has 9 atom stereocenters. The van der Waals surface area contributed by atoms with Gasteiger partial charge in [-0.3, -0.25) is 14.4 Å². The third-order valence-electron chi connectivity index (χ3n) is 7.79. The van der Waals surface area contributed by atoms with Crippen LogP contribution in [0.5, 0.6) is 0 Å². The molecule has 126 valence electrons. The Labute approximate surface area is 139 Å². The van der Waals surface area contributed by atoms with Crippen LogP contribution in [-0.2, 0) is 23.9 Å². The van der Waals surface area contributed by atoms with Crippen LogP contribution in [0.1, 0.15) is 26.2 Å². The molecule has 1 unspecified atom stereocenters. The number of carbonyl (C=O) groups is 3. The van der Waals surface area contributed by atoms with E-state index in [4.69, 9.17) is 9.47 Å². The van der Waals surface area contributed by atoms with Crippen molar-refractivity contribution >= 4 is 17.9 Å². The normalized spacial score (nSPS) is 52.1. The van der Waals surface area contributed by atoms with E-state index >= 15 is 0 Å². The second kappa shape index (κ2) is 4.12. The van der Waals surface area contributed by atoms with Gasteiger partial charge in [-0.15, -0.1) is 0 Å². The molecule has 0 spiro atoms. The molecule has 3 saturated carbocycles. The second-order valence-corrected chi connectivity index (χ2v) is 8.39. The summed E-state index contributed by atoms with van der Waals surface area (Å²) in [7, 11) is 0. The first kappa shape index (κ1) is 13.6. The quantitative estimate of drug-likeness (QED) is 0.438. The zero-order chi connectivity index (χ0) is 16.3. The number of hydrogen-bond acceptors (Lipinski definition) is 5. The first-order valence-electron chi connectivity index (χ1n) is 9.29. The van der Waals surface area contributed by atoms with Crippen LogP contribution in [0, 0.1) is 53.3 Å². The first-order valence-corrected chi connectivity index (χ1v) is 9.29. The van der Waals surface area contributed by atoms with Crippen molar-refractivity contribution in [1.82, 2.24) is 0 Å². The number of esters is 3. The number of cyclic esters (lactones) is 2. The highest BCUT2D eigenvalue weighted by molar-refractivity contribution is 5.99. The third kappa shape index (κ3) is 1.31. The lowest BCUT2D eigenvalue weighted by Crippen LogP contribution is -2.46. The predicted octanol–water partition coefficient (Wildman–Crippen LogP) is 1.71. The molecule has 0 amide bonds. The minimum absolute atomic E-state index is 0.0589. The Morgan fingerprint density at radius 3 is 2.04 bits per heavy atom. The Hall–Kier alpha value is -1.65. The topological polar surface area (TPSA) is 69.7 Å². The zero-order valence-corrected chi connectivity index (χ0v) is 13.6. The molecule has 1 saturated heterocycles. The Bertz CT molecular complexity index is 686. The molecule has 6 aliphatic carbocycles. The number of allylic oxidation sites excluding steroid dienone is 2. The molecule has 24 heavy (non-hydrogen) atoms. The van der Waals surface area contributed by atoms with E-state index in [-0.39, 0.29) is 59.3 Å². The third-order valence-corrected chi connectivity index (χ3v) is 7.79. The maximum absolute atomic E-state index is 12.4. The van der Waals surface area contributed by atoms with Crippen LogP contribution < -0.4 is 0 Å². The molecule has 0 N–H and O–H groups in total. The number of carbonyl (C=O) groups excluding carboxylic acids is 3. The smallest absolute Gasteiger partial charge is 0.318 e. The average Bonchev–Trinajstić information content (AvgIpc) is 2.84. The molecule has 0 aromatic heterocycles. The summed E-state index contributed by atoms with van der Waals surface area (Å²) in [4.78, 5) is 37.2. The molecule has 5 nitrogen and oxygen atoms in total. The van der Waals surface area contributed by atoms with Gasteiger partial charge in [0, 0.05) is 0 Å². The van der Waals surface area contributed by atoms with Crippen LogP contribution in [0.2, 0.25) is 0 Å². The molecular weight excluding hydrogens is 308 g/mol. The van der Waals surface area contributed by atoms with Crippen LogP contribution in [0.15, 0.2) is 11.1 Å². The van der Waals surface area contributed by atoms with E-state index in [1.165, 1.54) is 30.4 Å². The van der Waals surface area contributed by atoms with E-state index in [1.807, 2.05) is 6.92 Å². The van der Waals surface area contributed by atoms with Crippen LogP contribution >= 0.6 is 0 Å². The summed E-state index contributed by atoms with van der Waals surface area (Å²) in [6.07, 6.45) is 3.60. The maximum Gasteiger partial charge on any atom is 0.318 e. The van der Waals surface area contributed by atoms with E-state index in [0.29, 0.717) is 18.4 Å². The highest BCUT2D eigenvalue weighted by atomic mass is 16.6. The molecule has 0 radical (unpaired) electrons. The van der Waals surface area contributed by atoms with Gasteiger partial charge in [0.1, 0.15) is 0 Å². The van der Waals surface area contributed by atoms with Crippen molar-refractivity contribution in [2.45, 2.75) is 26.2 Å². The number of fused-ring (bicyclic) bond motifs is 2. The number of ether oxygens (including phenoxy) is 2. The second-order valence-electron chi connectivity index (χ2n) is 8.39. The van der Waals surface area contributed by atoms with Crippen LogP contribution in [0.25, 0.3) is 0 Å². The Morgan fingerprint density at radius 2 is 1.54 bits per heavy atom. The van der Waals surface area contributed by atoms with Gasteiger partial charge in [-0.05, 0) is 61.7 Å². The fourth-order valence-electron chi connectivity index (χ4n) is 7.33. The molecule has 0 aromatic carbocycles. The first-order chi connectivity index (χ1) is 11.6. The van der Waals surface area contributed by atoms with Gasteiger partial charge < -0.3 is 9.47 Å². The Kier molecular flexibility index (Phi) is 2.34. The molecular formula is C19H20O5. The minimum atomic E-state index is -0.345. The summed E-state index contributed by atoms with van der Waals surface area (Å²) < 4.78 is 10.3. The summed E-state index contributed by atoms with van der Waals surface area (Å²) in [5.41, 5.74) is 2.91. The minimum Gasteiger partial charge on any atom is -0.466 e. The lowest BCUT2D eigenvalue weighted by Gasteiger charge is -2.46. The summed E-state index contributed by atoms with van der Waals surface area (Å²) in [6, 6.07) is 0. The van der Waals surface area contributed by atoms with Crippen molar-refractivity contribution in [3.05, 3.63) is 11.1 Å². The van der Waals surface area contributed by atoms with Gasteiger partial charge in [-0.1, -0.05) is 11.1 Å². The van der Waals surface area contributed by atoms with Crippen molar-refractivity contribution in [3.63, 3.8) is 0 Å². The van der Waals surface area contributed by atoms with Gasteiger partial charge in [0.25, 0.3) is 0 Å². The van der Waals surface area contributed by atoms with Gasteiger partial charge in [-0.25, -0.2) is 0 Å². The highest BCUT2D eigenvalue weighted by Gasteiger charge is 2.78. The molecule has 4 bridgehead atoms. The molecule has 7 aliphatic rings. The largest absolute Gasteiger partial charge is 0.466 e. The number of rotatable bonds is 2. The van der Waals surface area contributed by atoms with E-state index < -0.39 is 0 Å². The average molecular weight is 328 g/mol. The molecule has 4 fully saturated rings. The van der Waals surface area contributed by atoms with Gasteiger partial charge in [0.15, 0.2) is 0 Å². The predicted molar refractivity (Wildman–Crippen MR) is 80.0 cm³/mol. The van der Waals surface area contributed by atoms with Crippen LogP contribution in [0.4, 0.5) is 0 Å². The standard InChI is InChI=1S/C19H20O5/c1-2-23-17(20)14-12-10-8-6-3-4-7(5-6)9(8)11(13(12)14)16-15(10)18(21)24-19(16)22/h6-7,10-16H,2-5H2,1H3/t6-,7+,10+,11-,12+,13-,14?,15+,16-. The zero-order valence-electron chi connectivity index (χ0n) is 13.6. The Balaban J connectivity index is 1.49. The van der Waals surface area contributed by atoms with Crippen molar-refractivity contribution in [2.75, 3.05) is 6.61 Å². The monoisotopic (exact) mass is 328 g/mol. The Morgan fingerprint density at radius 1 is 1.00 bits per heavy atom. The molecule has 0 aromatic rings. The van der Waals surface area contributed by atoms with Crippen molar-refractivity contribution < 1.29 is 23.9 Å². The fraction of sp³-hybridized carbons (Fsp3) is 0.737.